The van der Waals surface area contributed by atoms with E-state index in [1.165, 1.54) is 6.21 Å². The van der Waals surface area contributed by atoms with Crippen LogP contribution in [0.4, 0.5) is 5.69 Å². The molecule has 3 aromatic carbocycles. The molecule has 0 spiro atoms. The highest BCUT2D eigenvalue weighted by Gasteiger charge is 2.08. The first-order valence-electron chi connectivity index (χ1n) is 8.27. The highest BCUT2D eigenvalue weighted by molar-refractivity contribution is 6.31. The quantitative estimate of drug-likeness (QED) is 0.457. The van der Waals surface area contributed by atoms with Crippen LogP contribution in [0.3, 0.4) is 0 Å². The first kappa shape index (κ1) is 19.6. The molecule has 5 nitrogen and oxygen atoms in total. The lowest BCUT2D eigenvalue weighted by atomic mass is 10.1. The molecule has 0 saturated carbocycles. The van der Waals surface area contributed by atoms with Gasteiger partial charge in [0.1, 0.15) is 0 Å². The number of rotatable bonds is 5. The van der Waals surface area contributed by atoms with Gasteiger partial charge in [-0.15, -0.1) is 0 Å². The molecule has 3 rings (SSSR count). The van der Waals surface area contributed by atoms with E-state index < -0.39 is 0 Å². The van der Waals surface area contributed by atoms with Crippen molar-refractivity contribution in [1.82, 2.24) is 5.43 Å². The number of nitrogens with one attached hydrogen (secondary N) is 2. The number of hydrazone groups is 1. The number of amides is 2. The van der Waals surface area contributed by atoms with Crippen LogP contribution in [0.15, 0.2) is 77.9 Å². The van der Waals surface area contributed by atoms with Crippen LogP contribution in [0.5, 0.6) is 0 Å². The molecular weight excluding hydrogens is 397 g/mol. The number of halogens is 2. The number of anilines is 1. The van der Waals surface area contributed by atoms with E-state index in [1.807, 2.05) is 0 Å². The zero-order valence-corrected chi connectivity index (χ0v) is 16.0. The zero-order valence-electron chi connectivity index (χ0n) is 14.5. The van der Waals surface area contributed by atoms with Gasteiger partial charge in [0.2, 0.25) is 0 Å². The van der Waals surface area contributed by atoms with E-state index in [1.54, 1.807) is 72.8 Å². The summed E-state index contributed by atoms with van der Waals surface area (Å²) in [6.45, 7) is 0. The molecule has 3 aromatic rings. The van der Waals surface area contributed by atoms with Crippen molar-refractivity contribution in [2.75, 3.05) is 5.32 Å². The largest absolute Gasteiger partial charge is 0.322 e. The fourth-order valence-corrected chi connectivity index (χ4v) is 2.54. The molecule has 140 valence electrons. The van der Waals surface area contributed by atoms with Crippen LogP contribution in [0.25, 0.3) is 0 Å². The summed E-state index contributed by atoms with van der Waals surface area (Å²) in [4.78, 5) is 24.3. The van der Waals surface area contributed by atoms with Gasteiger partial charge in [0.25, 0.3) is 11.8 Å². The van der Waals surface area contributed by atoms with Crippen molar-refractivity contribution in [1.29, 1.82) is 0 Å². The lowest BCUT2D eigenvalue weighted by Gasteiger charge is -2.06. The molecule has 0 unspecified atom stereocenters. The molecule has 0 aliphatic heterocycles. The predicted molar refractivity (Wildman–Crippen MR) is 112 cm³/mol. The van der Waals surface area contributed by atoms with Gasteiger partial charge in [0.05, 0.1) is 6.21 Å². The van der Waals surface area contributed by atoms with Gasteiger partial charge in [-0.1, -0.05) is 35.3 Å². The second-order valence-electron chi connectivity index (χ2n) is 5.79. The Morgan fingerprint density at radius 3 is 1.82 bits per heavy atom. The molecule has 28 heavy (non-hydrogen) atoms. The average Bonchev–Trinajstić information content (AvgIpc) is 2.70. The fourth-order valence-electron chi connectivity index (χ4n) is 2.29. The van der Waals surface area contributed by atoms with Crippen LogP contribution in [0.2, 0.25) is 10.0 Å². The smallest absolute Gasteiger partial charge is 0.271 e. The Labute approximate surface area is 172 Å². The molecule has 0 heterocycles. The lowest BCUT2D eigenvalue weighted by molar-refractivity contribution is 0.0954. The Morgan fingerprint density at radius 1 is 0.714 bits per heavy atom. The van der Waals surface area contributed by atoms with Crippen LogP contribution < -0.4 is 10.7 Å². The Balaban J connectivity index is 1.57. The lowest BCUT2D eigenvalue weighted by Crippen LogP contribution is -2.17. The van der Waals surface area contributed by atoms with E-state index in [2.05, 4.69) is 15.8 Å². The van der Waals surface area contributed by atoms with Crippen LogP contribution in [0, 0.1) is 0 Å². The maximum absolute atomic E-state index is 12.2. The number of hydrogen-bond donors (Lipinski definition) is 2. The molecule has 0 fully saturated rings. The summed E-state index contributed by atoms with van der Waals surface area (Å²) < 4.78 is 0. The third-order valence-corrected chi connectivity index (χ3v) is 4.27. The van der Waals surface area contributed by atoms with Gasteiger partial charge in [-0.2, -0.15) is 5.10 Å². The molecule has 0 aliphatic rings. The van der Waals surface area contributed by atoms with E-state index >= 15 is 0 Å². The standard InChI is InChI=1S/C21H15Cl2N3O2/c22-17-7-1-14(2-8-17)13-24-26-21(28)16-5-11-19(12-6-16)25-20(27)15-3-9-18(23)10-4-15/h1-13H,(H,25,27)(H,26,28)/b24-13-. The molecule has 2 amide bonds. The SMILES string of the molecule is O=C(N/N=C\c1ccc(Cl)cc1)c1ccc(NC(=O)c2ccc(Cl)cc2)cc1. The minimum absolute atomic E-state index is 0.263. The van der Waals surface area contributed by atoms with E-state index in [0.717, 1.165) is 5.56 Å². The van der Waals surface area contributed by atoms with Crippen LogP contribution in [-0.2, 0) is 0 Å². The maximum Gasteiger partial charge on any atom is 0.271 e. The van der Waals surface area contributed by atoms with E-state index in [0.29, 0.717) is 26.9 Å². The van der Waals surface area contributed by atoms with Crippen molar-refractivity contribution in [2.24, 2.45) is 5.10 Å². The predicted octanol–water partition coefficient (Wildman–Crippen LogP) is 5.01. The van der Waals surface area contributed by atoms with Crippen molar-refractivity contribution < 1.29 is 9.59 Å². The Bertz CT molecular complexity index is 999. The van der Waals surface area contributed by atoms with Crippen LogP contribution >= 0.6 is 23.2 Å². The van der Waals surface area contributed by atoms with Gasteiger partial charge in [0.15, 0.2) is 0 Å². The monoisotopic (exact) mass is 411 g/mol. The number of hydrogen-bond acceptors (Lipinski definition) is 3. The second-order valence-corrected chi connectivity index (χ2v) is 6.66. The van der Waals surface area contributed by atoms with Gasteiger partial charge in [-0.05, 0) is 66.2 Å². The molecule has 0 atom stereocenters. The summed E-state index contributed by atoms with van der Waals surface area (Å²) in [5.41, 5.74) is 4.74. The fraction of sp³-hybridized carbons (Fsp3) is 0. The summed E-state index contributed by atoms with van der Waals surface area (Å²) >= 11 is 11.6. The van der Waals surface area contributed by atoms with E-state index in [4.69, 9.17) is 23.2 Å². The van der Waals surface area contributed by atoms with Crippen molar-refractivity contribution in [3.8, 4) is 0 Å². The van der Waals surface area contributed by atoms with Gasteiger partial charge in [0, 0.05) is 26.9 Å². The Hall–Kier alpha value is -3.15. The number of nitrogens with zero attached hydrogens (tertiary/aromatic N) is 1. The minimum Gasteiger partial charge on any atom is -0.322 e. The summed E-state index contributed by atoms with van der Waals surface area (Å²) in [6, 6.07) is 20.1. The number of benzene rings is 3. The van der Waals surface area contributed by atoms with Crippen LogP contribution in [0.1, 0.15) is 26.3 Å². The molecule has 0 aromatic heterocycles. The van der Waals surface area contributed by atoms with Crippen molar-refractivity contribution in [2.45, 2.75) is 0 Å². The Morgan fingerprint density at radius 2 is 1.21 bits per heavy atom. The summed E-state index contributed by atoms with van der Waals surface area (Å²) in [5.74, 6) is -0.623. The third kappa shape index (κ3) is 5.42. The molecule has 0 bridgehead atoms. The zero-order chi connectivity index (χ0) is 19.9. The van der Waals surface area contributed by atoms with Gasteiger partial charge < -0.3 is 5.32 Å². The Kier molecular flexibility index (Phi) is 6.42. The number of carbonyl (C=O) groups is 2. The molecular formula is C21H15Cl2N3O2. The highest BCUT2D eigenvalue weighted by Crippen LogP contribution is 2.14. The minimum atomic E-state index is -0.360. The van der Waals surface area contributed by atoms with Crippen molar-refractivity contribution in [3.05, 3.63) is 99.5 Å². The summed E-state index contributed by atoms with van der Waals surface area (Å²) in [5, 5.41) is 7.87. The number of carbonyl (C=O) groups excluding carboxylic acids is 2. The van der Waals surface area contributed by atoms with E-state index in [9.17, 15) is 9.59 Å². The van der Waals surface area contributed by atoms with Gasteiger partial charge in [-0.3, -0.25) is 9.59 Å². The maximum atomic E-state index is 12.2. The van der Waals surface area contributed by atoms with Gasteiger partial charge in [-0.25, -0.2) is 5.43 Å². The van der Waals surface area contributed by atoms with Crippen molar-refractivity contribution in [3.63, 3.8) is 0 Å². The molecule has 7 heteroatoms. The molecule has 2 N–H and O–H groups in total. The molecule has 0 saturated heterocycles. The highest BCUT2D eigenvalue weighted by atomic mass is 35.5. The second kappa shape index (κ2) is 9.17. The van der Waals surface area contributed by atoms with E-state index in [-0.39, 0.29) is 11.8 Å². The molecule has 0 aliphatic carbocycles. The normalized spacial score (nSPS) is 10.6. The summed E-state index contributed by atoms with van der Waals surface area (Å²) in [6.07, 6.45) is 1.52. The first-order valence-corrected chi connectivity index (χ1v) is 9.03. The topological polar surface area (TPSA) is 70.6 Å². The summed E-state index contributed by atoms with van der Waals surface area (Å²) in [7, 11) is 0. The average molecular weight is 412 g/mol. The van der Waals surface area contributed by atoms with Crippen LogP contribution in [-0.4, -0.2) is 18.0 Å². The third-order valence-electron chi connectivity index (χ3n) is 3.76. The first-order chi connectivity index (χ1) is 13.5. The van der Waals surface area contributed by atoms with Crippen molar-refractivity contribution >= 4 is 46.9 Å². The molecule has 0 radical (unpaired) electrons. The van der Waals surface area contributed by atoms with Gasteiger partial charge >= 0.3 is 0 Å².